The van der Waals surface area contributed by atoms with Crippen LogP contribution in [0.15, 0.2) is 0 Å². The maximum absolute atomic E-state index is 6.14. The van der Waals surface area contributed by atoms with Crippen molar-refractivity contribution < 1.29 is 0 Å². The Hall–Kier alpha value is -1.04. The molecule has 0 amide bonds. The number of hydrogen-bond acceptors (Lipinski definition) is 1. The fourth-order valence-corrected chi connectivity index (χ4v) is 0.0333. The van der Waals surface area contributed by atoms with Crippen molar-refractivity contribution in [2.75, 3.05) is 0 Å². The summed E-state index contributed by atoms with van der Waals surface area (Å²) in [6, 6.07) is 0. The first-order valence-corrected chi connectivity index (χ1v) is 1.01. The summed E-state index contributed by atoms with van der Waals surface area (Å²) in [5, 5.41) is 6.14. The van der Waals surface area contributed by atoms with Gasteiger partial charge in [-0.05, 0) is 6.34 Å². The Morgan fingerprint density at radius 1 is 2.00 bits per heavy atom. The molecule has 0 heterocycles. The number of rotatable bonds is 1. The number of nitrogens with zero attached hydrogens (tertiary/aromatic N) is 2. The van der Waals surface area contributed by atoms with Gasteiger partial charge in [-0.25, -0.2) is 0 Å². The van der Waals surface area contributed by atoms with E-state index < -0.39 is 0 Å². The van der Waals surface area contributed by atoms with Gasteiger partial charge < -0.3 is 5.41 Å². The first kappa shape index (κ1) is 3.96. The molecular weight excluding hydrogens is 66.0 g/mol. The molecule has 26 valence electrons. The lowest BCUT2D eigenvalue weighted by Gasteiger charge is -1.62. The smallest absolute Gasteiger partial charge is 0.281 e. The van der Waals surface area contributed by atoms with E-state index in [-0.39, 0.29) is 0 Å². The van der Waals surface area contributed by atoms with Gasteiger partial charge in [-0.2, -0.15) is 0 Å². The lowest BCUT2D eigenvalue weighted by atomic mass is 11.4. The van der Waals surface area contributed by atoms with E-state index in [9.17, 15) is 0 Å². The van der Waals surface area contributed by atoms with Crippen molar-refractivity contribution in [2.24, 2.45) is 0 Å². The summed E-state index contributed by atoms with van der Waals surface area (Å²) >= 11 is 0. The minimum Gasteiger partial charge on any atom is -0.483 e. The van der Waals surface area contributed by atoms with Crippen molar-refractivity contribution in [3.63, 3.8) is 0 Å². The zero-order valence-electron chi connectivity index (χ0n) is 2.55. The molecule has 3 heteroatoms. The molecule has 0 aromatic carbocycles. The largest absolute Gasteiger partial charge is 0.483 e. The van der Waals surface area contributed by atoms with E-state index in [0.717, 1.165) is 6.34 Å². The first-order chi connectivity index (χ1) is 2.41. The molecule has 0 aliphatic carbocycles. The first-order valence-electron chi connectivity index (χ1n) is 1.01. The van der Waals surface area contributed by atoms with Crippen LogP contribution < -0.4 is 0 Å². The Labute approximate surface area is 29.9 Å². The molecule has 0 saturated heterocycles. The van der Waals surface area contributed by atoms with E-state index >= 15 is 0 Å². The molecule has 0 saturated carbocycles. The van der Waals surface area contributed by atoms with Crippen molar-refractivity contribution in [3.8, 4) is 6.57 Å². The van der Waals surface area contributed by atoms with Gasteiger partial charge in [0.15, 0.2) is 0 Å². The molecule has 0 aromatic rings. The zero-order chi connectivity index (χ0) is 4.12. The van der Waals surface area contributed by atoms with Crippen LogP contribution in [0.4, 0.5) is 0 Å². The Morgan fingerprint density at radius 3 is 2.60 bits per heavy atom. The molecule has 0 aromatic heterocycles. The van der Waals surface area contributed by atoms with Crippen LogP contribution in [0.2, 0.25) is 0 Å². The highest BCUT2D eigenvalue weighted by Gasteiger charge is 1.51. The molecule has 5 heavy (non-hydrogen) atoms. The normalized spacial score (nSPS) is 4.60. The third kappa shape index (κ3) is 2.96. The molecule has 0 atom stereocenters. The third-order valence-corrected chi connectivity index (χ3v) is 0.124. The van der Waals surface area contributed by atoms with Crippen LogP contribution in [-0.2, 0) is 0 Å². The van der Waals surface area contributed by atoms with Crippen molar-refractivity contribution >= 4 is 6.34 Å². The summed E-state index contributed by atoms with van der Waals surface area (Å²) in [7, 11) is 0. The maximum atomic E-state index is 6.14. The highest BCUT2D eigenvalue weighted by molar-refractivity contribution is 5.68. The maximum Gasteiger partial charge on any atom is 0.281 e. The van der Waals surface area contributed by atoms with Crippen LogP contribution in [0, 0.1) is 12.0 Å². The molecule has 0 bridgehead atoms. The van der Waals surface area contributed by atoms with E-state index in [4.69, 9.17) is 5.41 Å². The summed E-state index contributed by atoms with van der Waals surface area (Å²) in [5.74, 6) is 0. The molecule has 0 aliphatic heterocycles. The Kier molecular flexibility index (Phi) is 2.34. The lowest BCUT2D eigenvalue weighted by molar-refractivity contribution is 1.57. The quantitative estimate of drug-likeness (QED) is 0.269. The van der Waals surface area contributed by atoms with Crippen LogP contribution in [0.25, 0.3) is 10.4 Å². The van der Waals surface area contributed by atoms with E-state index in [1.165, 1.54) is 0 Å². The van der Waals surface area contributed by atoms with Gasteiger partial charge in [-0.15, -0.1) is 0 Å². The molecule has 0 fully saturated rings. The van der Waals surface area contributed by atoms with Crippen molar-refractivity contribution in [1.82, 2.24) is 0 Å². The minimum atomic E-state index is 0.764. The molecular formula is C2H3N3. The third-order valence-electron chi connectivity index (χ3n) is 0.124. The second-order valence-electron chi connectivity index (χ2n) is 0.360. The standard InChI is InChI=1S/C2H3N3/c1-4-5-2-3/h1-3H. The molecule has 3 nitrogen and oxygen atoms in total. The predicted octanol–water partition coefficient (Wildman–Crippen LogP) is 0.845. The van der Waals surface area contributed by atoms with Gasteiger partial charge in [0.25, 0.3) is 6.57 Å². The highest BCUT2D eigenvalue weighted by Crippen LogP contribution is 1.71. The Bertz CT molecular complexity index is 59.8. The molecule has 0 spiro atoms. The highest BCUT2D eigenvalue weighted by atomic mass is 15.2. The fourth-order valence-electron chi connectivity index (χ4n) is 0.0333. The van der Waals surface area contributed by atoms with Gasteiger partial charge >= 0.3 is 0 Å². The zero-order valence-corrected chi connectivity index (χ0v) is 2.55. The van der Waals surface area contributed by atoms with Crippen molar-refractivity contribution in [1.29, 1.82) is 5.41 Å². The van der Waals surface area contributed by atoms with Gasteiger partial charge in [-0.1, -0.05) is 5.43 Å². The summed E-state index contributed by atoms with van der Waals surface area (Å²) in [4.78, 5) is 2.74. The lowest BCUT2D eigenvalue weighted by Crippen LogP contribution is -1.48. The van der Waals surface area contributed by atoms with Crippen LogP contribution in [0.1, 0.15) is 0 Å². The Morgan fingerprint density at radius 2 is 2.60 bits per heavy atom. The van der Waals surface area contributed by atoms with E-state index in [1.807, 2.05) is 0 Å². The van der Waals surface area contributed by atoms with Crippen molar-refractivity contribution in [2.45, 2.75) is 0 Å². The van der Waals surface area contributed by atoms with Gasteiger partial charge in [0, 0.05) is 4.95 Å². The summed E-state index contributed by atoms with van der Waals surface area (Å²) < 4.78 is 0. The van der Waals surface area contributed by atoms with Crippen LogP contribution in [-0.4, -0.2) is 6.34 Å². The number of nitrogens with one attached hydrogen (secondary N) is 1. The second-order valence-corrected chi connectivity index (χ2v) is 0.360. The number of hydrogen-bond donors (Lipinski definition) is 1. The molecule has 1 N–H and O–H groups in total. The van der Waals surface area contributed by atoms with Crippen LogP contribution >= 0.6 is 0 Å². The second kappa shape index (κ2) is 2.96. The Balaban J connectivity index is 2.75. The summed E-state index contributed by atoms with van der Waals surface area (Å²) in [6.45, 7) is 4.45. The van der Waals surface area contributed by atoms with E-state index in [1.54, 1.807) is 0 Å². The molecule has 0 rings (SSSR count). The predicted molar refractivity (Wildman–Crippen MR) is 20.4 cm³/mol. The molecule has 0 radical (unpaired) electrons. The minimum absolute atomic E-state index is 0.764. The monoisotopic (exact) mass is 69.0 g/mol. The average Bonchev–Trinajstić information content (AvgIpc) is 1.41. The topological polar surface area (TPSA) is 42.3 Å². The van der Waals surface area contributed by atoms with Crippen molar-refractivity contribution in [3.05, 3.63) is 10.4 Å². The van der Waals surface area contributed by atoms with Crippen LogP contribution in [0.5, 0.6) is 0 Å². The molecule has 0 unspecified atom stereocenters. The fraction of sp³-hybridized carbons (Fsp3) is 0. The van der Waals surface area contributed by atoms with Gasteiger partial charge in [0.2, 0.25) is 0 Å². The summed E-state index contributed by atoms with van der Waals surface area (Å²) in [5.41, 5.74) is 2.92. The average molecular weight is 69.1 g/mol. The van der Waals surface area contributed by atoms with E-state index in [0.29, 0.717) is 0 Å². The van der Waals surface area contributed by atoms with Gasteiger partial charge in [0.05, 0.1) is 0 Å². The van der Waals surface area contributed by atoms with Crippen LogP contribution in [0.3, 0.4) is 0 Å². The SMILES string of the molecule is C#[N+][N-]C=N. The molecule has 0 aliphatic rings. The summed E-state index contributed by atoms with van der Waals surface area (Å²) in [6.07, 6.45) is 0.764. The van der Waals surface area contributed by atoms with E-state index in [2.05, 4.69) is 17.0 Å². The van der Waals surface area contributed by atoms with Gasteiger partial charge in [-0.3, -0.25) is 0 Å². The van der Waals surface area contributed by atoms with Gasteiger partial charge in [0.1, 0.15) is 0 Å².